The van der Waals surface area contributed by atoms with Gasteiger partial charge >= 0.3 is 0 Å². The van der Waals surface area contributed by atoms with E-state index in [0.29, 0.717) is 58.8 Å². The molecule has 46 heavy (non-hydrogen) atoms. The lowest BCUT2D eigenvalue weighted by Gasteiger charge is -2.40. The van der Waals surface area contributed by atoms with Crippen LogP contribution in [0.3, 0.4) is 0 Å². The van der Waals surface area contributed by atoms with Gasteiger partial charge in [-0.15, -0.1) is 24.9 Å². The quantitative estimate of drug-likeness (QED) is 0.290. The average Bonchev–Trinajstić information content (AvgIpc) is 3.62. The number of likely N-dealkylation sites (tertiary alicyclic amines) is 1. The van der Waals surface area contributed by atoms with Crippen LogP contribution in [0, 0.1) is 17.8 Å². The van der Waals surface area contributed by atoms with E-state index in [0.717, 1.165) is 25.1 Å². The summed E-state index contributed by atoms with van der Waals surface area (Å²) in [4.78, 5) is 52.0. The van der Waals surface area contributed by atoms with Crippen LogP contribution in [-0.2, 0) is 25.7 Å². The number of thioether (sulfide) groups is 1. The van der Waals surface area contributed by atoms with E-state index in [4.69, 9.17) is 4.74 Å². The number of ether oxygens (including phenoxy) is 1. The minimum atomic E-state index is -0.767. The molecule has 6 atom stereocenters. The second kappa shape index (κ2) is 14.6. The number of hydrogen-bond acceptors (Lipinski definition) is 7. The van der Waals surface area contributed by atoms with E-state index in [1.165, 1.54) is 0 Å². The molecule has 4 heterocycles. The molecule has 1 aromatic rings. The molecule has 4 fully saturated rings. The Morgan fingerprint density at radius 1 is 1.09 bits per heavy atom. The van der Waals surface area contributed by atoms with Crippen LogP contribution in [0.15, 0.2) is 55.6 Å². The van der Waals surface area contributed by atoms with Crippen LogP contribution in [0.1, 0.15) is 45.6 Å². The first-order chi connectivity index (χ1) is 22.1. The van der Waals surface area contributed by atoms with Crippen molar-refractivity contribution in [2.75, 3.05) is 59.1 Å². The lowest BCUT2D eigenvalue weighted by atomic mass is 9.66. The molecule has 0 aliphatic carbocycles. The predicted molar refractivity (Wildman–Crippen MR) is 182 cm³/mol. The van der Waals surface area contributed by atoms with Crippen LogP contribution in [-0.4, -0.2) is 123 Å². The van der Waals surface area contributed by atoms with Gasteiger partial charge in [-0.2, -0.15) is 0 Å². The van der Waals surface area contributed by atoms with E-state index in [1.807, 2.05) is 40.1 Å². The Balaban J connectivity index is 1.52. The Morgan fingerprint density at radius 3 is 2.39 bits per heavy atom. The summed E-state index contributed by atoms with van der Waals surface area (Å²) < 4.78 is 4.28. The first-order valence-electron chi connectivity index (χ1n) is 16.9. The predicted octanol–water partition coefficient (Wildman–Crippen LogP) is 3.44. The molecule has 3 amide bonds. The summed E-state index contributed by atoms with van der Waals surface area (Å²) in [6, 6.07) is 8.60. The highest BCUT2D eigenvalue weighted by Crippen LogP contribution is 2.72. The molecule has 10 heteroatoms. The van der Waals surface area contributed by atoms with Crippen molar-refractivity contribution in [3.05, 3.63) is 61.2 Å². The van der Waals surface area contributed by atoms with Crippen LogP contribution in [0.25, 0.3) is 0 Å². The van der Waals surface area contributed by atoms with Crippen LogP contribution in [0.4, 0.5) is 0 Å². The summed E-state index contributed by atoms with van der Waals surface area (Å²) in [7, 11) is 0. The first kappa shape index (κ1) is 34.7. The molecular weight excluding hydrogens is 600 g/mol. The van der Waals surface area contributed by atoms with Crippen molar-refractivity contribution in [1.82, 2.24) is 19.6 Å². The molecule has 5 rings (SSSR count). The zero-order valence-electron chi connectivity index (χ0n) is 27.8. The summed E-state index contributed by atoms with van der Waals surface area (Å²) in [6.45, 7) is 19.2. The zero-order valence-corrected chi connectivity index (χ0v) is 28.6. The van der Waals surface area contributed by atoms with Crippen LogP contribution in [0.2, 0.25) is 0 Å². The van der Waals surface area contributed by atoms with Gasteiger partial charge in [-0.1, -0.05) is 56.3 Å². The minimum Gasteiger partial charge on any atom is -0.394 e. The first-order valence-corrected chi connectivity index (χ1v) is 17.7. The summed E-state index contributed by atoms with van der Waals surface area (Å²) in [6.07, 6.45) is 5.47. The van der Waals surface area contributed by atoms with Crippen molar-refractivity contribution >= 4 is 29.5 Å². The molecule has 0 radical (unpaired) electrons. The molecule has 1 aromatic carbocycles. The molecule has 4 aliphatic rings. The van der Waals surface area contributed by atoms with E-state index in [-0.39, 0.29) is 30.2 Å². The molecule has 9 nitrogen and oxygen atoms in total. The SMILES string of the molecule is C=CCN(CCN1CCOCC1)C(=O)C1N([C@@H](CO)CC(C)C)C(=O)[C@@H]2[C@H](C(=O)N(CC=C)Cc3ccccc3)[C@]3(C)CCC12S3. The van der Waals surface area contributed by atoms with Gasteiger partial charge in [-0.3, -0.25) is 19.3 Å². The number of rotatable bonds is 15. The van der Waals surface area contributed by atoms with Gasteiger partial charge in [-0.25, -0.2) is 0 Å². The third-order valence-corrected chi connectivity index (χ3v) is 12.4. The molecule has 1 N–H and O–H groups in total. The maximum absolute atomic E-state index is 14.9. The number of fused-ring (bicyclic) bond motifs is 1. The van der Waals surface area contributed by atoms with Gasteiger partial charge < -0.3 is 24.5 Å². The molecule has 2 bridgehead atoms. The van der Waals surface area contributed by atoms with Crippen LogP contribution >= 0.6 is 11.8 Å². The number of carbonyl (C=O) groups is 3. The molecule has 0 saturated carbocycles. The number of benzene rings is 1. The van der Waals surface area contributed by atoms with Crippen molar-refractivity contribution in [2.45, 2.75) is 68.2 Å². The van der Waals surface area contributed by atoms with Gasteiger partial charge in [-0.05, 0) is 37.7 Å². The Bertz CT molecular complexity index is 1270. The van der Waals surface area contributed by atoms with Crippen molar-refractivity contribution in [1.29, 1.82) is 0 Å². The van der Waals surface area contributed by atoms with Crippen molar-refractivity contribution in [3.8, 4) is 0 Å². The Morgan fingerprint density at radius 2 is 1.76 bits per heavy atom. The van der Waals surface area contributed by atoms with E-state index in [9.17, 15) is 19.5 Å². The molecule has 4 saturated heterocycles. The number of morpholine rings is 1. The van der Waals surface area contributed by atoms with E-state index in [2.05, 4.69) is 38.8 Å². The number of carbonyl (C=O) groups excluding carboxylic acids is 3. The van der Waals surface area contributed by atoms with Crippen molar-refractivity contribution in [2.24, 2.45) is 17.8 Å². The molecule has 1 spiro atoms. The van der Waals surface area contributed by atoms with E-state index in [1.54, 1.807) is 28.8 Å². The van der Waals surface area contributed by atoms with Crippen LogP contribution in [0.5, 0.6) is 0 Å². The molecule has 252 valence electrons. The number of aliphatic hydroxyl groups is 1. The summed E-state index contributed by atoms with van der Waals surface area (Å²) >= 11 is 1.68. The highest BCUT2D eigenvalue weighted by molar-refractivity contribution is 8.02. The van der Waals surface area contributed by atoms with Crippen molar-refractivity contribution in [3.63, 3.8) is 0 Å². The number of hydrogen-bond donors (Lipinski definition) is 1. The largest absolute Gasteiger partial charge is 0.394 e. The van der Waals surface area contributed by atoms with E-state index >= 15 is 0 Å². The highest BCUT2D eigenvalue weighted by atomic mass is 32.2. The van der Waals surface area contributed by atoms with Gasteiger partial charge in [0.15, 0.2) is 0 Å². The second-order valence-electron chi connectivity index (χ2n) is 14.0. The Labute approximate surface area is 279 Å². The molecule has 0 aromatic heterocycles. The highest BCUT2D eigenvalue weighted by Gasteiger charge is 2.78. The summed E-state index contributed by atoms with van der Waals surface area (Å²) in [5, 5.41) is 10.7. The maximum atomic E-state index is 14.9. The number of amides is 3. The maximum Gasteiger partial charge on any atom is 0.247 e. The normalized spacial score (nSPS) is 29.5. The van der Waals surface area contributed by atoms with Gasteiger partial charge in [0, 0.05) is 50.6 Å². The van der Waals surface area contributed by atoms with Gasteiger partial charge in [0.25, 0.3) is 0 Å². The standard InChI is InChI=1S/C36H52N4O5S/c1-6-15-38(18-17-37-19-21-45-22-20-37)34(44)31-36-14-13-35(5,46-36)29(30(36)33(43)40(31)28(25-41)23-26(3)4)32(42)39(16-7-2)24-27-11-9-8-10-12-27/h6-12,26,28-31,41H,1-2,13-25H2,3-5H3/t28-,29-,30+,31?,35+,36?/m1/s1. The Hall–Kier alpha value is -2.66. The second-order valence-corrected chi connectivity index (χ2v) is 15.9. The zero-order chi connectivity index (χ0) is 33.1. The Kier molecular flexibility index (Phi) is 11.0. The van der Waals surface area contributed by atoms with Gasteiger partial charge in [0.2, 0.25) is 17.7 Å². The van der Waals surface area contributed by atoms with E-state index < -0.39 is 33.4 Å². The average molecular weight is 653 g/mol. The monoisotopic (exact) mass is 652 g/mol. The third kappa shape index (κ3) is 6.55. The van der Waals surface area contributed by atoms with Crippen molar-refractivity contribution < 1.29 is 24.2 Å². The number of aliphatic hydroxyl groups excluding tert-OH is 1. The number of nitrogens with zero attached hydrogens (tertiary/aromatic N) is 4. The lowest BCUT2D eigenvalue weighted by Crippen LogP contribution is -2.58. The molecule has 2 unspecified atom stereocenters. The fourth-order valence-corrected chi connectivity index (χ4v) is 10.7. The third-order valence-electron chi connectivity index (χ3n) is 10.4. The van der Waals surface area contributed by atoms with Gasteiger partial charge in [0.1, 0.15) is 6.04 Å². The minimum absolute atomic E-state index is 0.0635. The molecule has 4 aliphatic heterocycles. The fourth-order valence-electron chi connectivity index (χ4n) is 8.33. The summed E-state index contributed by atoms with van der Waals surface area (Å²) in [5.41, 5.74) is 1.01. The van der Waals surface area contributed by atoms with Crippen LogP contribution < -0.4 is 0 Å². The smallest absolute Gasteiger partial charge is 0.247 e. The topological polar surface area (TPSA) is 93.6 Å². The molecular formula is C36H52N4O5S. The van der Waals surface area contributed by atoms with Gasteiger partial charge in [0.05, 0.1) is 42.4 Å². The summed E-state index contributed by atoms with van der Waals surface area (Å²) in [5.74, 6) is -1.36. The lowest BCUT2D eigenvalue weighted by molar-refractivity contribution is -0.148. The fraction of sp³-hybridized carbons (Fsp3) is 0.639.